The third-order valence-corrected chi connectivity index (χ3v) is 7.04. The number of para-hydroxylation sites is 2. The van der Waals surface area contributed by atoms with Crippen molar-refractivity contribution in [3.8, 4) is 5.75 Å². The van der Waals surface area contributed by atoms with E-state index in [0.29, 0.717) is 45.3 Å². The van der Waals surface area contributed by atoms with Crippen molar-refractivity contribution in [2.75, 3.05) is 23.1 Å². The summed E-state index contributed by atoms with van der Waals surface area (Å²) < 4.78 is 21.4. The predicted molar refractivity (Wildman–Crippen MR) is 152 cm³/mol. The van der Waals surface area contributed by atoms with Gasteiger partial charge in [0.25, 0.3) is 11.8 Å². The van der Waals surface area contributed by atoms with Crippen LogP contribution in [0.25, 0.3) is 0 Å². The molecule has 1 aliphatic heterocycles. The standard InChI is InChI=1S/C29H25BrFN5O3/c1-16-8-11-19(12-9-16)34-28(37)20-15-32-36-26(18-10-13-22(31)21(30)14-18)25(17(2)33-27(20)36)29(38)35-23-6-4-5-7-24(23)39-3/h4-15,26,33H,1-3H3,(H,34,37)(H,35,38). The maximum Gasteiger partial charge on any atom is 0.261 e. The van der Waals surface area contributed by atoms with Crippen LogP contribution in [0.4, 0.5) is 21.6 Å². The molecular formula is C29H25BrFN5O3. The van der Waals surface area contributed by atoms with E-state index in [1.54, 1.807) is 48.0 Å². The summed E-state index contributed by atoms with van der Waals surface area (Å²) in [6.07, 6.45) is 1.45. The van der Waals surface area contributed by atoms with Gasteiger partial charge in [-0.1, -0.05) is 35.9 Å². The fourth-order valence-corrected chi connectivity index (χ4v) is 4.88. The first-order valence-corrected chi connectivity index (χ1v) is 12.9. The Morgan fingerprint density at radius 2 is 1.77 bits per heavy atom. The maximum atomic E-state index is 14.2. The number of ether oxygens (including phenoxy) is 1. The molecule has 198 valence electrons. The van der Waals surface area contributed by atoms with Crippen LogP contribution in [0.15, 0.2) is 88.7 Å². The number of allylic oxidation sites excluding steroid dienone is 1. The van der Waals surface area contributed by atoms with Gasteiger partial charge in [-0.3, -0.25) is 9.59 Å². The highest BCUT2D eigenvalue weighted by Gasteiger charge is 2.36. The number of halogens is 2. The number of fused-ring (bicyclic) bond motifs is 1. The van der Waals surface area contributed by atoms with Gasteiger partial charge in [0.15, 0.2) is 0 Å². The molecule has 0 saturated carbocycles. The first-order valence-electron chi connectivity index (χ1n) is 12.1. The van der Waals surface area contributed by atoms with Crippen molar-refractivity contribution in [3.05, 3.63) is 111 Å². The van der Waals surface area contributed by atoms with Crippen LogP contribution in [0.3, 0.4) is 0 Å². The molecule has 0 saturated heterocycles. The Bertz CT molecular complexity index is 1610. The number of aromatic nitrogens is 2. The molecule has 0 bridgehead atoms. The molecule has 1 aromatic heterocycles. The van der Waals surface area contributed by atoms with Crippen LogP contribution in [0.2, 0.25) is 0 Å². The number of hydrogen-bond donors (Lipinski definition) is 3. The van der Waals surface area contributed by atoms with Crippen LogP contribution in [0, 0.1) is 12.7 Å². The molecule has 0 spiro atoms. The number of carbonyl (C=O) groups excluding carboxylic acids is 2. The van der Waals surface area contributed by atoms with Crippen LogP contribution in [0.1, 0.15) is 34.5 Å². The molecule has 5 rings (SSSR count). The van der Waals surface area contributed by atoms with Gasteiger partial charge in [-0.05, 0) is 71.7 Å². The molecule has 1 aliphatic rings. The monoisotopic (exact) mass is 589 g/mol. The zero-order chi connectivity index (χ0) is 27.7. The lowest BCUT2D eigenvalue weighted by atomic mass is 9.94. The van der Waals surface area contributed by atoms with E-state index in [9.17, 15) is 14.0 Å². The van der Waals surface area contributed by atoms with Gasteiger partial charge in [0.2, 0.25) is 0 Å². The number of benzene rings is 3. The van der Waals surface area contributed by atoms with Gasteiger partial charge in [0, 0.05) is 11.4 Å². The molecule has 2 amide bonds. The lowest BCUT2D eigenvalue weighted by Gasteiger charge is -2.30. The van der Waals surface area contributed by atoms with Crippen LogP contribution in [-0.4, -0.2) is 28.7 Å². The molecule has 3 aromatic carbocycles. The van der Waals surface area contributed by atoms with Gasteiger partial charge in [-0.2, -0.15) is 5.10 Å². The van der Waals surface area contributed by atoms with Crippen LogP contribution in [-0.2, 0) is 4.79 Å². The largest absolute Gasteiger partial charge is 0.495 e. The fourth-order valence-electron chi connectivity index (χ4n) is 4.48. The highest BCUT2D eigenvalue weighted by molar-refractivity contribution is 9.10. The highest BCUT2D eigenvalue weighted by Crippen LogP contribution is 2.39. The molecule has 2 heterocycles. The predicted octanol–water partition coefficient (Wildman–Crippen LogP) is 6.28. The summed E-state index contributed by atoms with van der Waals surface area (Å²) in [5.41, 5.74) is 3.98. The lowest BCUT2D eigenvalue weighted by molar-refractivity contribution is -0.113. The lowest BCUT2D eigenvalue weighted by Crippen LogP contribution is -2.32. The SMILES string of the molecule is COc1ccccc1NC(=O)C1=C(C)Nc2c(C(=O)Nc3ccc(C)cc3)cnn2C1c1ccc(F)c(Br)c1. The molecule has 1 unspecified atom stereocenters. The minimum atomic E-state index is -0.756. The number of rotatable bonds is 6. The van der Waals surface area contributed by atoms with Crippen molar-refractivity contribution in [2.24, 2.45) is 0 Å². The number of nitrogens with one attached hydrogen (secondary N) is 3. The van der Waals surface area contributed by atoms with E-state index in [1.807, 2.05) is 31.2 Å². The molecule has 0 aliphatic carbocycles. The molecule has 39 heavy (non-hydrogen) atoms. The van der Waals surface area contributed by atoms with Crippen LogP contribution in [0.5, 0.6) is 5.75 Å². The highest BCUT2D eigenvalue weighted by atomic mass is 79.9. The number of amides is 2. The van der Waals surface area contributed by atoms with E-state index in [1.165, 1.54) is 19.4 Å². The number of carbonyl (C=O) groups is 2. The Kier molecular flexibility index (Phi) is 7.21. The van der Waals surface area contributed by atoms with Crippen molar-refractivity contribution in [1.82, 2.24) is 9.78 Å². The Labute approximate surface area is 233 Å². The molecule has 8 nitrogen and oxygen atoms in total. The zero-order valence-electron chi connectivity index (χ0n) is 21.4. The maximum absolute atomic E-state index is 14.2. The Morgan fingerprint density at radius 3 is 2.49 bits per heavy atom. The topological polar surface area (TPSA) is 97.3 Å². The zero-order valence-corrected chi connectivity index (χ0v) is 23.0. The Morgan fingerprint density at radius 1 is 1.03 bits per heavy atom. The minimum absolute atomic E-state index is 0.242. The first-order chi connectivity index (χ1) is 18.8. The summed E-state index contributed by atoms with van der Waals surface area (Å²) in [6, 6.07) is 18.3. The van der Waals surface area contributed by atoms with E-state index in [4.69, 9.17) is 4.74 Å². The summed E-state index contributed by atoms with van der Waals surface area (Å²) in [6.45, 7) is 3.72. The number of hydrogen-bond acceptors (Lipinski definition) is 5. The summed E-state index contributed by atoms with van der Waals surface area (Å²) in [4.78, 5) is 27.0. The number of anilines is 3. The Hall–Kier alpha value is -4.44. The third kappa shape index (κ3) is 5.15. The van der Waals surface area contributed by atoms with Gasteiger partial charge < -0.3 is 20.7 Å². The van der Waals surface area contributed by atoms with Crippen LogP contribution < -0.4 is 20.7 Å². The number of aryl methyl sites for hydroxylation is 1. The average Bonchev–Trinajstić information content (AvgIpc) is 3.34. The second kappa shape index (κ2) is 10.7. The van der Waals surface area contributed by atoms with Crippen molar-refractivity contribution < 1.29 is 18.7 Å². The van der Waals surface area contributed by atoms with E-state index >= 15 is 0 Å². The van der Waals surface area contributed by atoms with E-state index < -0.39 is 17.8 Å². The van der Waals surface area contributed by atoms with Crippen LogP contribution >= 0.6 is 15.9 Å². The number of nitrogens with zero attached hydrogens (tertiary/aromatic N) is 2. The first kappa shape index (κ1) is 26.2. The van der Waals surface area contributed by atoms with Gasteiger partial charge in [0.1, 0.15) is 29.0 Å². The summed E-state index contributed by atoms with van der Waals surface area (Å²) in [7, 11) is 1.52. The summed E-state index contributed by atoms with van der Waals surface area (Å²) in [5, 5.41) is 13.5. The van der Waals surface area contributed by atoms with Crippen molar-refractivity contribution in [3.63, 3.8) is 0 Å². The second-order valence-corrected chi connectivity index (χ2v) is 9.92. The van der Waals surface area contributed by atoms with Crippen molar-refractivity contribution in [1.29, 1.82) is 0 Å². The normalized spacial score (nSPS) is 14.3. The van der Waals surface area contributed by atoms with Gasteiger partial charge in [-0.25, -0.2) is 9.07 Å². The van der Waals surface area contributed by atoms with Crippen molar-refractivity contribution in [2.45, 2.75) is 19.9 Å². The number of methoxy groups -OCH3 is 1. The summed E-state index contributed by atoms with van der Waals surface area (Å²) >= 11 is 3.25. The molecule has 0 radical (unpaired) electrons. The van der Waals surface area contributed by atoms with Crippen molar-refractivity contribution >= 4 is 44.9 Å². The van der Waals surface area contributed by atoms with E-state index in [2.05, 4.69) is 37.0 Å². The third-order valence-electron chi connectivity index (χ3n) is 6.44. The molecule has 10 heteroatoms. The second-order valence-electron chi connectivity index (χ2n) is 9.07. The van der Waals surface area contributed by atoms with Gasteiger partial charge in [0.05, 0.1) is 29.0 Å². The molecule has 3 N–H and O–H groups in total. The molecule has 1 atom stereocenters. The Balaban J connectivity index is 1.56. The van der Waals surface area contributed by atoms with E-state index in [-0.39, 0.29) is 10.4 Å². The van der Waals surface area contributed by atoms with Gasteiger partial charge >= 0.3 is 0 Å². The summed E-state index contributed by atoms with van der Waals surface area (Å²) in [5.74, 6) is -0.282. The quantitative estimate of drug-likeness (QED) is 0.246. The molecule has 0 fully saturated rings. The average molecular weight is 590 g/mol. The molecule has 4 aromatic rings. The smallest absolute Gasteiger partial charge is 0.261 e. The van der Waals surface area contributed by atoms with Gasteiger partial charge in [-0.15, -0.1) is 0 Å². The fraction of sp³-hybridized carbons (Fsp3) is 0.138. The van der Waals surface area contributed by atoms with E-state index in [0.717, 1.165) is 5.56 Å². The minimum Gasteiger partial charge on any atom is -0.495 e. The molecular weight excluding hydrogens is 565 g/mol.